The molecule has 0 aliphatic carbocycles. The van der Waals surface area contributed by atoms with Crippen molar-refractivity contribution in [1.29, 1.82) is 5.26 Å². The molecule has 0 atom stereocenters. The van der Waals surface area contributed by atoms with Crippen molar-refractivity contribution in [3.63, 3.8) is 0 Å². The van der Waals surface area contributed by atoms with Gasteiger partial charge in [0.2, 0.25) is 0 Å². The molecule has 1 rings (SSSR count). The standard InChI is InChI=1S/C10H8N2O/c11-7-9-6-10(12)4-3-8(9)2-1-5-13/h1-6H,12H2. The van der Waals surface area contributed by atoms with Crippen molar-refractivity contribution in [1.82, 2.24) is 0 Å². The van der Waals surface area contributed by atoms with E-state index >= 15 is 0 Å². The number of benzene rings is 1. The third-order valence-corrected chi connectivity index (χ3v) is 1.55. The highest BCUT2D eigenvalue weighted by atomic mass is 16.1. The second-order valence-electron chi connectivity index (χ2n) is 2.45. The highest BCUT2D eigenvalue weighted by molar-refractivity contribution is 5.75. The van der Waals surface area contributed by atoms with Crippen LogP contribution in [0.3, 0.4) is 0 Å². The Morgan fingerprint density at radius 2 is 2.23 bits per heavy atom. The van der Waals surface area contributed by atoms with Crippen LogP contribution in [-0.4, -0.2) is 6.29 Å². The van der Waals surface area contributed by atoms with E-state index in [4.69, 9.17) is 11.0 Å². The number of carbonyl (C=O) groups is 1. The second kappa shape index (κ2) is 4.07. The third-order valence-electron chi connectivity index (χ3n) is 1.55. The average molecular weight is 172 g/mol. The normalized spacial score (nSPS) is 9.77. The molecule has 0 aromatic heterocycles. The van der Waals surface area contributed by atoms with E-state index in [2.05, 4.69) is 0 Å². The summed E-state index contributed by atoms with van der Waals surface area (Å²) < 4.78 is 0. The number of nitrogens with two attached hydrogens (primary N) is 1. The molecule has 13 heavy (non-hydrogen) atoms. The summed E-state index contributed by atoms with van der Waals surface area (Å²) in [5.74, 6) is 0. The van der Waals surface area contributed by atoms with Crippen LogP contribution in [0.4, 0.5) is 5.69 Å². The Kier molecular flexibility index (Phi) is 2.82. The fourth-order valence-corrected chi connectivity index (χ4v) is 0.959. The van der Waals surface area contributed by atoms with Gasteiger partial charge in [0.05, 0.1) is 11.6 Å². The van der Waals surface area contributed by atoms with Crippen LogP contribution in [0.25, 0.3) is 6.08 Å². The summed E-state index contributed by atoms with van der Waals surface area (Å²) in [5.41, 5.74) is 7.20. The van der Waals surface area contributed by atoms with E-state index in [0.29, 0.717) is 23.1 Å². The van der Waals surface area contributed by atoms with Gasteiger partial charge in [-0.15, -0.1) is 0 Å². The predicted molar refractivity (Wildman–Crippen MR) is 50.7 cm³/mol. The number of nitriles is 1. The Morgan fingerprint density at radius 1 is 1.46 bits per heavy atom. The van der Waals surface area contributed by atoms with E-state index in [1.807, 2.05) is 6.07 Å². The molecule has 0 spiro atoms. The van der Waals surface area contributed by atoms with Gasteiger partial charge in [0.25, 0.3) is 0 Å². The van der Waals surface area contributed by atoms with E-state index in [9.17, 15) is 4.79 Å². The first kappa shape index (κ1) is 9.01. The molecule has 0 radical (unpaired) electrons. The molecule has 1 aromatic carbocycles. The summed E-state index contributed by atoms with van der Waals surface area (Å²) in [6.07, 6.45) is 3.58. The van der Waals surface area contributed by atoms with E-state index in [-0.39, 0.29) is 0 Å². The minimum Gasteiger partial charge on any atom is -0.399 e. The van der Waals surface area contributed by atoms with Gasteiger partial charge < -0.3 is 5.73 Å². The SMILES string of the molecule is N#Cc1cc(N)ccc1C=CC=O. The van der Waals surface area contributed by atoms with Crippen molar-refractivity contribution >= 4 is 18.0 Å². The van der Waals surface area contributed by atoms with Crippen molar-refractivity contribution < 1.29 is 4.79 Å². The van der Waals surface area contributed by atoms with E-state index in [1.165, 1.54) is 6.08 Å². The van der Waals surface area contributed by atoms with Crippen molar-refractivity contribution in [2.24, 2.45) is 0 Å². The zero-order valence-corrected chi connectivity index (χ0v) is 6.90. The third kappa shape index (κ3) is 2.17. The average Bonchev–Trinajstić information content (AvgIpc) is 2.16. The number of rotatable bonds is 2. The van der Waals surface area contributed by atoms with Gasteiger partial charge in [-0.25, -0.2) is 0 Å². The highest BCUT2D eigenvalue weighted by Gasteiger charge is 1.97. The summed E-state index contributed by atoms with van der Waals surface area (Å²) >= 11 is 0. The smallest absolute Gasteiger partial charge is 0.142 e. The fourth-order valence-electron chi connectivity index (χ4n) is 0.959. The largest absolute Gasteiger partial charge is 0.399 e. The molecular weight excluding hydrogens is 164 g/mol. The van der Waals surface area contributed by atoms with Crippen molar-refractivity contribution in [2.75, 3.05) is 5.73 Å². The van der Waals surface area contributed by atoms with Crippen molar-refractivity contribution in [2.45, 2.75) is 0 Å². The second-order valence-corrected chi connectivity index (χ2v) is 2.45. The van der Waals surface area contributed by atoms with Gasteiger partial charge >= 0.3 is 0 Å². The maximum atomic E-state index is 10.1. The lowest BCUT2D eigenvalue weighted by atomic mass is 10.1. The predicted octanol–water partition coefficient (Wildman–Crippen LogP) is 1.35. The summed E-state index contributed by atoms with van der Waals surface area (Å²) in [7, 11) is 0. The Bertz CT molecular complexity index is 388. The van der Waals surface area contributed by atoms with Crippen LogP contribution >= 0.6 is 0 Å². The van der Waals surface area contributed by atoms with Crippen molar-refractivity contribution in [3.05, 3.63) is 35.4 Å². The zero-order valence-electron chi connectivity index (χ0n) is 6.90. The van der Waals surface area contributed by atoms with Crippen LogP contribution in [0.2, 0.25) is 0 Å². The number of allylic oxidation sites excluding steroid dienone is 1. The maximum Gasteiger partial charge on any atom is 0.142 e. The quantitative estimate of drug-likeness (QED) is 0.416. The van der Waals surface area contributed by atoms with Gasteiger partial charge in [-0.1, -0.05) is 12.1 Å². The monoisotopic (exact) mass is 172 g/mol. The first-order valence-electron chi connectivity index (χ1n) is 3.69. The van der Waals surface area contributed by atoms with E-state index in [0.717, 1.165) is 0 Å². The Hall–Kier alpha value is -2.08. The number of hydrogen-bond donors (Lipinski definition) is 1. The number of aldehydes is 1. The fraction of sp³-hybridized carbons (Fsp3) is 0. The number of carbonyl (C=O) groups excluding carboxylic acids is 1. The molecule has 2 N–H and O–H groups in total. The number of hydrogen-bond acceptors (Lipinski definition) is 3. The molecule has 3 nitrogen and oxygen atoms in total. The molecule has 0 unspecified atom stereocenters. The number of nitrogens with zero attached hydrogens (tertiary/aromatic N) is 1. The lowest BCUT2D eigenvalue weighted by Crippen LogP contribution is -1.88. The van der Waals surface area contributed by atoms with E-state index < -0.39 is 0 Å². The summed E-state index contributed by atoms with van der Waals surface area (Å²) in [6.45, 7) is 0. The minimum absolute atomic E-state index is 0.470. The molecule has 0 amide bonds. The Morgan fingerprint density at radius 3 is 2.85 bits per heavy atom. The van der Waals surface area contributed by atoms with Gasteiger partial charge in [-0.05, 0) is 23.8 Å². The van der Waals surface area contributed by atoms with Gasteiger partial charge in [-0.3, -0.25) is 4.79 Å². The van der Waals surface area contributed by atoms with Gasteiger partial charge in [-0.2, -0.15) is 5.26 Å². The molecule has 1 aromatic rings. The van der Waals surface area contributed by atoms with Crippen LogP contribution < -0.4 is 5.73 Å². The van der Waals surface area contributed by atoms with Crippen LogP contribution in [-0.2, 0) is 4.79 Å². The van der Waals surface area contributed by atoms with Crippen LogP contribution in [0.1, 0.15) is 11.1 Å². The molecule has 0 fully saturated rings. The molecule has 0 saturated heterocycles. The summed E-state index contributed by atoms with van der Waals surface area (Å²) in [6, 6.07) is 6.96. The number of anilines is 1. The van der Waals surface area contributed by atoms with Crippen molar-refractivity contribution in [3.8, 4) is 6.07 Å². The Labute approximate surface area is 76.1 Å². The lowest BCUT2D eigenvalue weighted by molar-refractivity contribution is -0.104. The van der Waals surface area contributed by atoms with Gasteiger partial charge in [0, 0.05) is 5.69 Å². The van der Waals surface area contributed by atoms with Crippen LogP contribution in [0, 0.1) is 11.3 Å². The number of nitrogen functional groups attached to an aromatic ring is 1. The van der Waals surface area contributed by atoms with Gasteiger partial charge in [0.15, 0.2) is 0 Å². The Balaban J connectivity index is 3.15. The molecule has 0 saturated carbocycles. The molecular formula is C10H8N2O. The molecule has 3 heteroatoms. The first-order chi connectivity index (χ1) is 6.27. The molecule has 64 valence electrons. The van der Waals surface area contributed by atoms with Crippen LogP contribution in [0.15, 0.2) is 24.3 Å². The van der Waals surface area contributed by atoms with Gasteiger partial charge in [0.1, 0.15) is 6.29 Å². The lowest BCUT2D eigenvalue weighted by Gasteiger charge is -1.97. The summed E-state index contributed by atoms with van der Waals surface area (Å²) in [4.78, 5) is 10.1. The molecule has 0 bridgehead atoms. The highest BCUT2D eigenvalue weighted by Crippen LogP contribution is 2.13. The molecule has 0 heterocycles. The first-order valence-corrected chi connectivity index (χ1v) is 3.69. The topological polar surface area (TPSA) is 66.9 Å². The van der Waals surface area contributed by atoms with E-state index in [1.54, 1.807) is 24.3 Å². The maximum absolute atomic E-state index is 10.1. The zero-order chi connectivity index (χ0) is 9.68. The molecule has 0 aliphatic rings. The molecule has 0 aliphatic heterocycles. The minimum atomic E-state index is 0.470. The van der Waals surface area contributed by atoms with Crippen LogP contribution in [0.5, 0.6) is 0 Å². The summed E-state index contributed by atoms with van der Waals surface area (Å²) in [5, 5.41) is 8.71.